The van der Waals surface area contributed by atoms with Gasteiger partial charge in [-0.25, -0.2) is 0 Å². The van der Waals surface area contributed by atoms with Crippen molar-refractivity contribution in [2.75, 3.05) is 0 Å². The SMILES string of the molecule is CCC(C)c1ccc2[nH]c(-c3cc(C)ccc3C)c(C=O)c2c1. The maximum atomic E-state index is 11.8. The molecular formula is C21H23NO. The van der Waals surface area contributed by atoms with Gasteiger partial charge in [0.2, 0.25) is 0 Å². The van der Waals surface area contributed by atoms with Gasteiger partial charge in [-0.3, -0.25) is 4.79 Å². The predicted octanol–water partition coefficient (Wildman–Crippen LogP) is 5.78. The molecular weight excluding hydrogens is 282 g/mol. The summed E-state index contributed by atoms with van der Waals surface area (Å²) in [7, 11) is 0. The van der Waals surface area contributed by atoms with Gasteiger partial charge in [-0.2, -0.15) is 0 Å². The normalized spacial score (nSPS) is 12.5. The molecule has 0 spiro atoms. The van der Waals surface area contributed by atoms with E-state index in [-0.39, 0.29) is 0 Å². The lowest BCUT2D eigenvalue weighted by molar-refractivity contribution is 0.112. The molecule has 0 amide bonds. The van der Waals surface area contributed by atoms with Crippen LogP contribution in [0.2, 0.25) is 0 Å². The minimum atomic E-state index is 0.498. The number of hydrogen-bond acceptors (Lipinski definition) is 1. The van der Waals surface area contributed by atoms with E-state index in [1.165, 1.54) is 16.7 Å². The van der Waals surface area contributed by atoms with E-state index in [4.69, 9.17) is 0 Å². The number of aromatic amines is 1. The third-order valence-electron chi connectivity index (χ3n) is 4.82. The number of H-pyrrole nitrogens is 1. The summed E-state index contributed by atoms with van der Waals surface area (Å²) in [6.07, 6.45) is 2.08. The minimum absolute atomic E-state index is 0.498. The molecule has 2 heteroatoms. The number of aryl methyl sites for hydroxylation is 2. The Labute approximate surface area is 137 Å². The lowest BCUT2D eigenvalue weighted by Gasteiger charge is -2.08. The Morgan fingerprint density at radius 3 is 2.61 bits per heavy atom. The smallest absolute Gasteiger partial charge is 0.152 e. The van der Waals surface area contributed by atoms with Gasteiger partial charge in [0.25, 0.3) is 0 Å². The van der Waals surface area contributed by atoms with E-state index in [0.717, 1.165) is 40.4 Å². The second-order valence-electron chi connectivity index (χ2n) is 6.46. The number of aldehydes is 1. The fourth-order valence-electron chi connectivity index (χ4n) is 3.11. The molecule has 3 rings (SSSR count). The highest BCUT2D eigenvalue weighted by Gasteiger charge is 2.15. The lowest BCUT2D eigenvalue weighted by Crippen LogP contribution is -1.91. The summed E-state index contributed by atoms with van der Waals surface area (Å²) in [6, 6.07) is 12.8. The molecule has 1 atom stereocenters. The monoisotopic (exact) mass is 305 g/mol. The zero-order valence-electron chi connectivity index (χ0n) is 14.2. The molecule has 3 aromatic rings. The van der Waals surface area contributed by atoms with Gasteiger partial charge >= 0.3 is 0 Å². The summed E-state index contributed by atoms with van der Waals surface area (Å²) in [5.74, 6) is 0.498. The van der Waals surface area contributed by atoms with Crippen LogP contribution >= 0.6 is 0 Å². The highest BCUT2D eigenvalue weighted by Crippen LogP contribution is 2.33. The summed E-state index contributed by atoms with van der Waals surface area (Å²) >= 11 is 0. The van der Waals surface area contributed by atoms with Crippen molar-refractivity contribution in [2.24, 2.45) is 0 Å². The van der Waals surface area contributed by atoms with Crippen LogP contribution in [0, 0.1) is 13.8 Å². The quantitative estimate of drug-likeness (QED) is 0.609. The van der Waals surface area contributed by atoms with Crippen LogP contribution in [0.3, 0.4) is 0 Å². The maximum absolute atomic E-state index is 11.8. The average molecular weight is 305 g/mol. The molecule has 0 aliphatic rings. The van der Waals surface area contributed by atoms with E-state index in [0.29, 0.717) is 5.92 Å². The first-order chi connectivity index (χ1) is 11.0. The van der Waals surface area contributed by atoms with Crippen molar-refractivity contribution in [3.63, 3.8) is 0 Å². The van der Waals surface area contributed by atoms with Crippen LogP contribution in [0.25, 0.3) is 22.2 Å². The Balaban J connectivity index is 2.26. The van der Waals surface area contributed by atoms with E-state index in [1.807, 2.05) is 0 Å². The fraction of sp³-hybridized carbons (Fsp3) is 0.286. The molecule has 118 valence electrons. The Bertz CT molecular complexity index is 873. The van der Waals surface area contributed by atoms with Crippen molar-refractivity contribution < 1.29 is 4.79 Å². The molecule has 0 saturated heterocycles. The Kier molecular flexibility index (Phi) is 4.08. The van der Waals surface area contributed by atoms with Crippen LogP contribution in [0.4, 0.5) is 0 Å². The van der Waals surface area contributed by atoms with Crippen LogP contribution in [0.15, 0.2) is 36.4 Å². The third-order valence-corrected chi connectivity index (χ3v) is 4.82. The van der Waals surface area contributed by atoms with Gasteiger partial charge in [0.1, 0.15) is 0 Å². The van der Waals surface area contributed by atoms with Gasteiger partial charge in [-0.05, 0) is 55.5 Å². The molecule has 1 N–H and O–H groups in total. The number of hydrogen-bond donors (Lipinski definition) is 1. The van der Waals surface area contributed by atoms with Crippen molar-refractivity contribution in [1.82, 2.24) is 4.98 Å². The molecule has 2 aromatic carbocycles. The fourth-order valence-corrected chi connectivity index (χ4v) is 3.11. The first-order valence-electron chi connectivity index (χ1n) is 8.23. The van der Waals surface area contributed by atoms with E-state index in [2.05, 4.69) is 69.1 Å². The number of fused-ring (bicyclic) bond motifs is 1. The first-order valence-corrected chi connectivity index (χ1v) is 8.23. The highest BCUT2D eigenvalue weighted by atomic mass is 16.1. The Morgan fingerprint density at radius 2 is 1.91 bits per heavy atom. The molecule has 0 radical (unpaired) electrons. The number of nitrogens with one attached hydrogen (secondary N) is 1. The van der Waals surface area contributed by atoms with Crippen molar-refractivity contribution >= 4 is 17.2 Å². The number of aromatic nitrogens is 1. The molecule has 0 aliphatic heterocycles. The molecule has 23 heavy (non-hydrogen) atoms. The van der Waals surface area contributed by atoms with E-state index < -0.39 is 0 Å². The van der Waals surface area contributed by atoms with Crippen LogP contribution in [-0.2, 0) is 0 Å². The maximum Gasteiger partial charge on any atom is 0.152 e. The number of benzene rings is 2. The Hall–Kier alpha value is -2.35. The number of rotatable bonds is 4. The largest absolute Gasteiger partial charge is 0.354 e. The van der Waals surface area contributed by atoms with Crippen LogP contribution in [-0.4, -0.2) is 11.3 Å². The van der Waals surface area contributed by atoms with Gasteiger partial charge < -0.3 is 4.98 Å². The van der Waals surface area contributed by atoms with Gasteiger partial charge in [0.05, 0.1) is 5.69 Å². The minimum Gasteiger partial charge on any atom is -0.354 e. The summed E-state index contributed by atoms with van der Waals surface area (Å²) in [4.78, 5) is 15.3. The highest BCUT2D eigenvalue weighted by molar-refractivity contribution is 6.04. The zero-order chi connectivity index (χ0) is 16.6. The second kappa shape index (κ2) is 6.04. The molecule has 0 saturated carbocycles. The average Bonchev–Trinajstić information content (AvgIpc) is 2.93. The first kappa shape index (κ1) is 15.5. The Morgan fingerprint density at radius 1 is 1.13 bits per heavy atom. The summed E-state index contributed by atoms with van der Waals surface area (Å²) < 4.78 is 0. The second-order valence-corrected chi connectivity index (χ2v) is 6.46. The van der Waals surface area contributed by atoms with Crippen molar-refractivity contribution in [1.29, 1.82) is 0 Å². The lowest BCUT2D eigenvalue weighted by atomic mass is 9.95. The molecule has 0 aliphatic carbocycles. The van der Waals surface area contributed by atoms with Crippen LogP contribution in [0.5, 0.6) is 0 Å². The van der Waals surface area contributed by atoms with E-state index >= 15 is 0 Å². The summed E-state index contributed by atoms with van der Waals surface area (Å²) in [6.45, 7) is 8.57. The zero-order valence-corrected chi connectivity index (χ0v) is 14.2. The van der Waals surface area contributed by atoms with E-state index in [9.17, 15) is 4.79 Å². The topological polar surface area (TPSA) is 32.9 Å². The summed E-state index contributed by atoms with van der Waals surface area (Å²) in [5, 5.41) is 1.02. The molecule has 1 unspecified atom stereocenters. The number of carbonyl (C=O) groups is 1. The molecule has 0 fully saturated rings. The van der Waals surface area contributed by atoms with E-state index in [1.54, 1.807) is 0 Å². The van der Waals surface area contributed by atoms with Crippen molar-refractivity contribution in [2.45, 2.75) is 40.0 Å². The van der Waals surface area contributed by atoms with Gasteiger partial charge in [-0.1, -0.05) is 37.6 Å². The van der Waals surface area contributed by atoms with Crippen LogP contribution < -0.4 is 0 Å². The van der Waals surface area contributed by atoms with Crippen molar-refractivity contribution in [3.05, 3.63) is 58.7 Å². The van der Waals surface area contributed by atoms with Crippen LogP contribution in [0.1, 0.15) is 53.2 Å². The third kappa shape index (κ3) is 2.70. The molecule has 1 aromatic heterocycles. The molecule has 2 nitrogen and oxygen atoms in total. The van der Waals surface area contributed by atoms with Gasteiger partial charge in [0.15, 0.2) is 6.29 Å². The molecule has 0 bridgehead atoms. The van der Waals surface area contributed by atoms with Gasteiger partial charge in [-0.15, -0.1) is 0 Å². The predicted molar refractivity (Wildman–Crippen MR) is 97.3 cm³/mol. The van der Waals surface area contributed by atoms with Crippen molar-refractivity contribution in [3.8, 4) is 11.3 Å². The number of carbonyl (C=O) groups excluding carboxylic acids is 1. The van der Waals surface area contributed by atoms with Gasteiger partial charge in [0, 0.05) is 22.0 Å². The standard InChI is InChI=1S/C21H23NO/c1-5-14(3)16-8-9-20-18(11-16)19(12-23)21(22-20)17-10-13(2)6-7-15(17)4/h6-12,14,22H,5H2,1-4H3. The molecule has 1 heterocycles. The summed E-state index contributed by atoms with van der Waals surface area (Å²) in [5.41, 5.74) is 7.48.